The van der Waals surface area contributed by atoms with Crippen LogP contribution >= 0.6 is 11.8 Å². The first kappa shape index (κ1) is 27.2. The number of unbranched alkanes of at least 4 members (excludes halogenated alkanes) is 11. The molecule has 0 unspecified atom stereocenters. The molecule has 0 amide bonds. The van der Waals surface area contributed by atoms with Crippen molar-refractivity contribution < 1.29 is 10.2 Å². The standard InChI is InChI=1S/C28H45NO2S/c1-2-3-4-5-6-7-8-9-10-11-12-13-18-27(30)28(31)26(29)22-32-25-20-19-23-16-14-15-17-24(23)21-25/h14-17,19-21,26-28,30-31H,2-13,18,22,29H2,1H3/t26-,27+,28-/m0/s1. The Balaban J connectivity index is 1.51. The SMILES string of the molecule is CCCCCCCCCCCCCC[C@@H](O)[C@@H](O)[C@@H](N)CSc1ccc2ccccc2c1. The minimum absolute atomic E-state index is 0.432. The Morgan fingerprint density at radius 1 is 0.750 bits per heavy atom. The van der Waals surface area contributed by atoms with E-state index in [1.54, 1.807) is 11.8 Å². The maximum absolute atomic E-state index is 10.4. The normalized spacial score (nSPS) is 14.5. The Labute approximate surface area is 200 Å². The summed E-state index contributed by atoms with van der Waals surface area (Å²) in [5.74, 6) is 0.592. The molecule has 0 aliphatic heterocycles. The number of fused-ring (bicyclic) bond motifs is 1. The van der Waals surface area contributed by atoms with Crippen molar-refractivity contribution >= 4 is 22.5 Å². The summed E-state index contributed by atoms with van der Waals surface area (Å²) < 4.78 is 0. The van der Waals surface area contributed by atoms with Crippen LogP contribution in [0.25, 0.3) is 10.8 Å². The van der Waals surface area contributed by atoms with E-state index in [1.807, 2.05) is 12.1 Å². The molecule has 2 aromatic rings. The molecule has 0 spiro atoms. The van der Waals surface area contributed by atoms with Crippen molar-refractivity contribution in [2.75, 3.05) is 5.75 Å². The molecule has 180 valence electrons. The smallest absolute Gasteiger partial charge is 0.0957 e. The molecule has 0 bridgehead atoms. The second-order valence-electron chi connectivity index (χ2n) is 9.22. The maximum atomic E-state index is 10.4. The lowest BCUT2D eigenvalue weighted by molar-refractivity contribution is 0.00257. The summed E-state index contributed by atoms with van der Waals surface area (Å²) in [7, 11) is 0. The largest absolute Gasteiger partial charge is 0.390 e. The zero-order valence-electron chi connectivity index (χ0n) is 20.1. The number of thioether (sulfide) groups is 1. The van der Waals surface area contributed by atoms with Crippen molar-refractivity contribution in [1.82, 2.24) is 0 Å². The fourth-order valence-electron chi connectivity index (χ4n) is 4.20. The highest BCUT2D eigenvalue weighted by Crippen LogP contribution is 2.25. The molecule has 0 aromatic heterocycles. The lowest BCUT2D eigenvalue weighted by Crippen LogP contribution is -2.44. The first-order valence-corrected chi connectivity index (χ1v) is 13.8. The summed E-state index contributed by atoms with van der Waals surface area (Å²) in [5.41, 5.74) is 6.18. The van der Waals surface area contributed by atoms with Gasteiger partial charge in [0.15, 0.2) is 0 Å². The summed E-state index contributed by atoms with van der Waals surface area (Å²) in [6.45, 7) is 2.26. The van der Waals surface area contributed by atoms with Gasteiger partial charge in [-0.1, -0.05) is 114 Å². The van der Waals surface area contributed by atoms with Gasteiger partial charge in [0.05, 0.1) is 12.2 Å². The van der Waals surface area contributed by atoms with Gasteiger partial charge in [-0.25, -0.2) is 0 Å². The third kappa shape index (κ3) is 10.7. The van der Waals surface area contributed by atoms with E-state index in [0.29, 0.717) is 12.2 Å². The minimum Gasteiger partial charge on any atom is -0.390 e. The molecule has 0 aliphatic rings. The lowest BCUT2D eigenvalue weighted by atomic mass is 10.0. The average molecular weight is 460 g/mol. The van der Waals surface area contributed by atoms with Crippen molar-refractivity contribution in [3.63, 3.8) is 0 Å². The fraction of sp³-hybridized carbons (Fsp3) is 0.643. The van der Waals surface area contributed by atoms with E-state index >= 15 is 0 Å². The summed E-state index contributed by atoms with van der Waals surface area (Å²) in [4.78, 5) is 1.14. The van der Waals surface area contributed by atoms with Crippen LogP contribution in [-0.2, 0) is 0 Å². The number of benzene rings is 2. The number of nitrogens with two attached hydrogens (primary N) is 1. The van der Waals surface area contributed by atoms with E-state index in [2.05, 4.69) is 37.3 Å². The van der Waals surface area contributed by atoms with Crippen molar-refractivity contribution in [2.24, 2.45) is 5.73 Å². The highest BCUT2D eigenvalue weighted by atomic mass is 32.2. The molecule has 0 heterocycles. The Morgan fingerprint density at radius 3 is 1.94 bits per heavy atom. The Bertz CT molecular complexity index is 738. The second-order valence-corrected chi connectivity index (χ2v) is 10.3. The van der Waals surface area contributed by atoms with Crippen LogP contribution in [-0.4, -0.2) is 34.2 Å². The van der Waals surface area contributed by atoms with Gasteiger partial charge in [-0.05, 0) is 29.3 Å². The van der Waals surface area contributed by atoms with Gasteiger partial charge < -0.3 is 15.9 Å². The summed E-state index contributed by atoms with van der Waals surface area (Å²) in [6.07, 6.45) is 14.6. The Hall–Kier alpha value is -1.07. The zero-order valence-corrected chi connectivity index (χ0v) is 20.9. The Kier molecular flexibility index (Phi) is 14.0. The molecule has 2 rings (SSSR count). The Morgan fingerprint density at radius 2 is 1.31 bits per heavy atom. The highest BCUT2D eigenvalue weighted by Gasteiger charge is 2.23. The molecular formula is C28H45NO2S. The van der Waals surface area contributed by atoms with Crippen LogP contribution in [0.2, 0.25) is 0 Å². The molecule has 0 fully saturated rings. The number of aliphatic hydroxyl groups excluding tert-OH is 2. The summed E-state index contributed by atoms with van der Waals surface area (Å²) in [6, 6.07) is 14.2. The minimum atomic E-state index is -0.865. The van der Waals surface area contributed by atoms with Crippen LogP contribution in [0.4, 0.5) is 0 Å². The van der Waals surface area contributed by atoms with Crippen LogP contribution in [0.1, 0.15) is 90.4 Å². The zero-order chi connectivity index (χ0) is 23.0. The molecule has 4 N–H and O–H groups in total. The van der Waals surface area contributed by atoms with E-state index < -0.39 is 18.2 Å². The fourth-order valence-corrected chi connectivity index (χ4v) is 5.16. The molecule has 2 aromatic carbocycles. The first-order valence-electron chi connectivity index (χ1n) is 12.8. The molecular weight excluding hydrogens is 414 g/mol. The van der Waals surface area contributed by atoms with E-state index in [-0.39, 0.29) is 0 Å². The van der Waals surface area contributed by atoms with Crippen molar-refractivity contribution in [1.29, 1.82) is 0 Å². The van der Waals surface area contributed by atoms with E-state index in [0.717, 1.165) is 17.7 Å². The quantitative estimate of drug-likeness (QED) is 0.165. The number of rotatable bonds is 18. The predicted molar refractivity (Wildman–Crippen MR) is 140 cm³/mol. The van der Waals surface area contributed by atoms with E-state index in [1.165, 1.54) is 75.0 Å². The lowest BCUT2D eigenvalue weighted by Gasteiger charge is -2.23. The third-order valence-corrected chi connectivity index (χ3v) is 7.49. The number of hydrogen-bond donors (Lipinski definition) is 3. The molecule has 0 saturated heterocycles. The monoisotopic (exact) mass is 459 g/mol. The topological polar surface area (TPSA) is 66.5 Å². The van der Waals surface area contributed by atoms with Gasteiger partial charge in [0.2, 0.25) is 0 Å². The van der Waals surface area contributed by atoms with Gasteiger partial charge in [-0.15, -0.1) is 11.8 Å². The van der Waals surface area contributed by atoms with Crippen LogP contribution in [0, 0.1) is 0 Å². The summed E-state index contributed by atoms with van der Waals surface area (Å²) in [5, 5.41) is 23.2. The van der Waals surface area contributed by atoms with Gasteiger partial charge in [-0.3, -0.25) is 0 Å². The van der Waals surface area contributed by atoms with E-state index in [4.69, 9.17) is 5.73 Å². The number of aliphatic hydroxyl groups is 2. The van der Waals surface area contributed by atoms with Crippen LogP contribution in [0.5, 0.6) is 0 Å². The van der Waals surface area contributed by atoms with Crippen LogP contribution < -0.4 is 5.73 Å². The third-order valence-electron chi connectivity index (χ3n) is 6.35. The predicted octanol–water partition coefficient (Wildman–Crippen LogP) is 7.07. The second kappa shape index (κ2) is 16.5. The van der Waals surface area contributed by atoms with Crippen molar-refractivity contribution in [3.8, 4) is 0 Å². The van der Waals surface area contributed by atoms with Crippen molar-refractivity contribution in [3.05, 3.63) is 42.5 Å². The molecule has 3 atom stereocenters. The van der Waals surface area contributed by atoms with Gasteiger partial charge >= 0.3 is 0 Å². The molecule has 32 heavy (non-hydrogen) atoms. The van der Waals surface area contributed by atoms with E-state index in [9.17, 15) is 10.2 Å². The van der Waals surface area contributed by atoms with Crippen molar-refractivity contribution in [2.45, 2.75) is 114 Å². The molecule has 0 saturated carbocycles. The van der Waals surface area contributed by atoms with Gasteiger partial charge in [-0.2, -0.15) is 0 Å². The van der Waals surface area contributed by atoms with Gasteiger partial charge in [0, 0.05) is 16.7 Å². The van der Waals surface area contributed by atoms with Gasteiger partial charge in [0.1, 0.15) is 0 Å². The molecule has 3 nitrogen and oxygen atoms in total. The first-order chi connectivity index (χ1) is 15.6. The summed E-state index contributed by atoms with van der Waals surface area (Å²) >= 11 is 1.64. The average Bonchev–Trinajstić information content (AvgIpc) is 2.82. The maximum Gasteiger partial charge on any atom is 0.0957 e. The molecule has 0 aliphatic carbocycles. The van der Waals surface area contributed by atoms with Gasteiger partial charge in [0.25, 0.3) is 0 Å². The van der Waals surface area contributed by atoms with Crippen LogP contribution in [0.15, 0.2) is 47.4 Å². The highest BCUT2D eigenvalue weighted by molar-refractivity contribution is 7.99. The van der Waals surface area contributed by atoms with Crippen LogP contribution in [0.3, 0.4) is 0 Å². The number of hydrogen-bond acceptors (Lipinski definition) is 4. The molecule has 4 heteroatoms. The molecule has 0 radical (unpaired) electrons.